The number of methoxy groups -OCH3 is 1. The average molecular weight is 266 g/mol. The molecule has 0 aliphatic heterocycles. The fraction of sp³-hybridized carbons (Fsp3) is 0.455. The highest BCUT2D eigenvalue weighted by atomic mass is 16.5. The molecule has 0 aliphatic carbocycles. The fourth-order valence-corrected chi connectivity index (χ4v) is 1.36. The van der Waals surface area contributed by atoms with Gasteiger partial charge in [0.25, 0.3) is 5.56 Å². The lowest BCUT2D eigenvalue weighted by molar-refractivity contribution is -0.121. The van der Waals surface area contributed by atoms with Crippen LogP contribution in [0.15, 0.2) is 15.8 Å². The summed E-state index contributed by atoms with van der Waals surface area (Å²) in [6, 6.07) is 1.67. The van der Waals surface area contributed by atoms with E-state index in [1.165, 1.54) is 7.11 Å². The predicted molar refractivity (Wildman–Crippen MR) is 65.5 cm³/mol. The molecular formula is C11H14N4O4. The monoisotopic (exact) mass is 266 g/mol. The number of carbonyl (C=O) groups is 1. The molecule has 0 aromatic carbocycles. The van der Waals surface area contributed by atoms with Gasteiger partial charge in [-0.3, -0.25) is 19.1 Å². The molecule has 1 rings (SSSR count). The van der Waals surface area contributed by atoms with Gasteiger partial charge in [0.1, 0.15) is 11.6 Å². The van der Waals surface area contributed by atoms with Crippen molar-refractivity contribution in [3.63, 3.8) is 0 Å². The molecule has 0 bridgehead atoms. The Balaban J connectivity index is 2.64. The quantitative estimate of drug-likeness (QED) is 0.611. The predicted octanol–water partition coefficient (Wildman–Crippen LogP) is -1.44. The van der Waals surface area contributed by atoms with E-state index in [0.717, 1.165) is 10.8 Å². The molecule has 0 saturated carbocycles. The Labute approximate surface area is 108 Å². The van der Waals surface area contributed by atoms with Crippen molar-refractivity contribution in [1.82, 2.24) is 14.9 Å². The number of rotatable bonds is 6. The van der Waals surface area contributed by atoms with Gasteiger partial charge in [0.15, 0.2) is 0 Å². The van der Waals surface area contributed by atoms with Crippen LogP contribution in [0, 0.1) is 11.3 Å². The van der Waals surface area contributed by atoms with Crippen molar-refractivity contribution in [2.45, 2.75) is 13.0 Å². The highest BCUT2D eigenvalue weighted by Gasteiger charge is 2.06. The summed E-state index contributed by atoms with van der Waals surface area (Å²) in [5, 5.41) is 11.3. The van der Waals surface area contributed by atoms with Crippen molar-refractivity contribution >= 4 is 5.91 Å². The van der Waals surface area contributed by atoms with Crippen LogP contribution in [0.4, 0.5) is 0 Å². The Morgan fingerprint density at radius 3 is 2.95 bits per heavy atom. The topological polar surface area (TPSA) is 117 Å². The van der Waals surface area contributed by atoms with Crippen LogP contribution in [0.5, 0.6) is 0 Å². The van der Waals surface area contributed by atoms with Gasteiger partial charge < -0.3 is 10.1 Å². The molecule has 0 radical (unpaired) electrons. The van der Waals surface area contributed by atoms with E-state index in [2.05, 4.69) is 5.32 Å². The number of nitrogens with one attached hydrogen (secondary N) is 2. The highest BCUT2D eigenvalue weighted by Crippen LogP contribution is 1.89. The molecule has 0 fully saturated rings. The SMILES string of the molecule is COCCNC(=O)CCn1cc(C#N)c(=O)[nH]c1=O. The first-order chi connectivity index (χ1) is 9.08. The number of aryl methyl sites for hydroxylation is 1. The summed E-state index contributed by atoms with van der Waals surface area (Å²) in [7, 11) is 1.52. The van der Waals surface area contributed by atoms with Crippen LogP contribution in [0.2, 0.25) is 0 Å². The molecule has 8 heteroatoms. The lowest BCUT2D eigenvalue weighted by Gasteiger charge is -2.06. The summed E-state index contributed by atoms with van der Waals surface area (Å²) in [4.78, 5) is 36.0. The third-order valence-corrected chi connectivity index (χ3v) is 2.34. The number of amides is 1. The normalized spacial score (nSPS) is 9.89. The third kappa shape index (κ3) is 4.40. The van der Waals surface area contributed by atoms with Gasteiger partial charge in [-0.15, -0.1) is 0 Å². The van der Waals surface area contributed by atoms with Gasteiger partial charge in [-0.2, -0.15) is 5.26 Å². The van der Waals surface area contributed by atoms with Crippen molar-refractivity contribution in [3.8, 4) is 6.07 Å². The van der Waals surface area contributed by atoms with Gasteiger partial charge in [0.05, 0.1) is 6.61 Å². The molecule has 0 atom stereocenters. The average Bonchev–Trinajstić information content (AvgIpc) is 2.38. The van der Waals surface area contributed by atoms with E-state index in [4.69, 9.17) is 10.00 Å². The third-order valence-electron chi connectivity index (χ3n) is 2.34. The Morgan fingerprint density at radius 1 is 1.58 bits per heavy atom. The Hall–Kier alpha value is -2.40. The largest absolute Gasteiger partial charge is 0.383 e. The summed E-state index contributed by atoms with van der Waals surface area (Å²) >= 11 is 0. The molecule has 0 spiro atoms. The molecule has 19 heavy (non-hydrogen) atoms. The molecule has 8 nitrogen and oxygen atoms in total. The number of nitriles is 1. The lowest BCUT2D eigenvalue weighted by Crippen LogP contribution is -2.33. The summed E-state index contributed by atoms with van der Waals surface area (Å²) in [6.45, 7) is 0.880. The maximum absolute atomic E-state index is 11.4. The first kappa shape index (κ1) is 14.7. The van der Waals surface area contributed by atoms with Crippen LogP contribution >= 0.6 is 0 Å². The molecular weight excluding hydrogens is 252 g/mol. The summed E-state index contributed by atoms with van der Waals surface area (Å²) in [5.74, 6) is -0.242. The zero-order chi connectivity index (χ0) is 14.3. The van der Waals surface area contributed by atoms with Crippen molar-refractivity contribution in [3.05, 3.63) is 32.6 Å². The van der Waals surface area contributed by atoms with E-state index < -0.39 is 11.2 Å². The van der Waals surface area contributed by atoms with Crippen LogP contribution in [-0.4, -0.2) is 35.7 Å². The fourth-order valence-electron chi connectivity index (χ4n) is 1.36. The molecule has 1 aromatic heterocycles. The van der Waals surface area contributed by atoms with E-state index in [-0.39, 0.29) is 24.4 Å². The smallest absolute Gasteiger partial charge is 0.328 e. The van der Waals surface area contributed by atoms with Gasteiger partial charge in [-0.1, -0.05) is 0 Å². The van der Waals surface area contributed by atoms with Gasteiger partial charge in [0, 0.05) is 32.8 Å². The number of hydrogen-bond acceptors (Lipinski definition) is 5. The number of aromatic nitrogens is 2. The molecule has 2 N–H and O–H groups in total. The summed E-state index contributed by atoms with van der Waals surface area (Å²) < 4.78 is 5.89. The van der Waals surface area contributed by atoms with Crippen LogP contribution in [0.3, 0.4) is 0 Å². The van der Waals surface area contributed by atoms with E-state index in [1.54, 1.807) is 6.07 Å². The lowest BCUT2D eigenvalue weighted by atomic mass is 10.3. The minimum absolute atomic E-state index is 0.0700. The molecule has 1 heterocycles. The molecule has 102 valence electrons. The van der Waals surface area contributed by atoms with Crippen LogP contribution in [-0.2, 0) is 16.1 Å². The first-order valence-electron chi connectivity index (χ1n) is 5.58. The molecule has 1 aromatic rings. The molecule has 1 amide bonds. The Morgan fingerprint density at radius 2 is 2.32 bits per heavy atom. The number of H-pyrrole nitrogens is 1. The summed E-state index contributed by atoms with van der Waals surface area (Å²) in [5.41, 5.74) is -1.54. The number of aromatic amines is 1. The van der Waals surface area contributed by atoms with Gasteiger partial charge >= 0.3 is 5.69 Å². The zero-order valence-electron chi connectivity index (χ0n) is 10.4. The summed E-state index contributed by atoms with van der Waals surface area (Å²) in [6.07, 6.45) is 1.21. The Kier molecular flexibility index (Phi) is 5.50. The number of ether oxygens (including phenoxy) is 1. The minimum atomic E-state index is -0.728. The van der Waals surface area contributed by atoms with Crippen LogP contribution in [0.25, 0.3) is 0 Å². The first-order valence-corrected chi connectivity index (χ1v) is 5.58. The van der Waals surface area contributed by atoms with Gasteiger partial charge in [-0.05, 0) is 0 Å². The number of hydrogen-bond donors (Lipinski definition) is 2. The molecule has 0 aliphatic rings. The highest BCUT2D eigenvalue weighted by molar-refractivity contribution is 5.75. The molecule has 0 saturated heterocycles. The van der Waals surface area contributed by atoms with Crippen molar-refractivity contribution in [2.75, 3.05) is 20.3 Å². The number of nitrogens with zero attached hydrogens (tertiary/aromatic N) is 2. The van der Waals surface area contributed by atoms with E-state index >= 15 is 0 Å². The van der Waals surface area contributed by atoms with Gasteiger partial charge in [-0.25, -0.2) is 4.79 Å². The molecule has 0 unspecified atom stereocenters. The second-order valence-electron chi connectivity index (χ2n) is 3.70. The van der Waals surface area contributed by atoms with Crippen LogP contribution in [0.1, 0.15) is 12.0 Å². The maximum Gasteiger partial charge on any atom is 0.328 e. The van der Waals surface area contributed by atoms with Gasteiger partial charge in [0.2, 0.25) is 5.91 Å². The van der Waals surface area contributed by atoms with Crippen molar-refractivity contribution in [1.29, 1.82) is 5.26 Å². The zero-order valence-corrected chi connectivity index (χ0v) is 10.4. The van der Waals surface area contributed by atoms with Crippen molar-refractivity contribution in [2.24, 2.45) is 0 Å². The minimum Gasteiger partial charge on any atom is -0.383 e. The standard InChI is InChI=1S/C11H14N4O4/c1-19-5-3-13-9(16)2-4-15-7-8(6-12)10(17)14-11(15)18/h7H,2-5H2,1H3,(H,13,16)(H,14,17,18). The van der Waals surface area contributed by atoms with Crippen LogP contribution < -0.4 is 16.6 Å². The number of carbonyl (C=O) groups excluding carboxylic acids is 1. The van der Waals surface area contributed by atoms with E-state index in [1.807, 2.05) is 4.98 Å². The van der Waals surface area contributed by atoms with Crippen molar-refractivity contribution < 1.29 is 9.53 Å². The second kappa shape index (κ2) is 7.13. The Bertz CT molecular complexity index is 596. The van der Waals surface area contributed by atoms with E-state index in [0.29, 0.717) is 13.2 Å². The maximum atomic E-state index is 11.4. The van der Waals surface area contributed by atoms with E-state index in [9.17, 15) is 14.4 Å². The second-order valence-corrected chi connectivity index (χ2v) is 3.70.